The Kier molecular flexibility index (Phi) is 4.02. The molecule has 2 aromatic rings. The third-order valence-corrected chi connectivity index (χ3v) is 4.21. The van der Waals surface area contributed by atoms with Crippen molar-refractivity contribution in [3.63, 3.8) is 0 Å². The van der Waals surface area contributed by atoms with Crippen molar-refractivity contribution in [2.75, 3.05) is 23.3 Å². The number of nitrogens with zero attached hydrogens (tertiary/aromatic N) is 5. The Hall–Kier alpha value is -2.44. The number of carbonyl (C=O) groups excluding carboxylic acids is 1. The van der Waals surface area contributed by atoms with Gasteiger partial charge >= 0.3 is 0 Å². The molecule has 7 nitrogen and oxygen atoms in total. The molecule has 0 unspecified atom stereocenters. The molecule has 0 saturated carbocycles. The van der Waals surface area contributed by atoms with Gasteiger partial charge in [0, 0.05) is 25.8 Å². The average Bonchev–Trinajstić information content (AvgIpc) is 3.11. The van der Waals surface area contributed by atoms with Crippen molar-refractivity contribution in [2.24, 2.45) is 7.05 Å². The van der Waals surface area contributed by atoms with Crippen LogP contribution < -0.4 is 10.2 Å². The molecule has 1 N–H and O–H groups in total. The third kappa shape index (κ3) is 3.04. The lowest BCUT2D eigenvalue weighted by atomic mass is 10.2. The molecule has 0 spiro atoms. The summed E-state index contributed by atoms with van der Waals surface area (Å²) >= 11 is 0. The van der Waals surface area contributed by atoms with Gasteiger partial charge in [-0.25, -0.2) is 9.97 Å². The molecule has 3 rings (SSSR count). The Balaban J connectivity index is 1.87. The van der Waals surface area contributed by atoms with Crippen LogP contribution in [0.3, 0.4) is 0 Å². The molecule has 0 atom stereocenters. The fourth-order valence-electron chi connectivity index (χ4n) is 2.86. The Morgan fingerprint density at radius 3 is 2.48 bits per heavy atom. The molecule has 122 valence electrons. The van der Waals surface area contributed by atoms with E-state index in [1.54, 1.807) is 10.7 Å². The molecule has 3 heterocycles. The van der Waals surface area contributed by atoms with Gasteiger partial charge in [0.25, 0.3) is 5.91 Å². The molecule has 1 amide bonds. The molecule has 0 radical (unpaired) electrons. The minimum Gasteiger partial charge on any atom is -0.341 e. The van der Waals surface area contributed by atoms with Crippen molar-refractivity contribution in [3.8, 4) is 0 Å². The van der Waals surface area contributed by atoms with Crippen LogP contribution in [-0.2, 0) is 7.05 Å². The number of aromatic nitrogens is 4. The molecular formula is C16H22N6O. The minimum atomic E-state index is -0.227. The van der Waals surface area contributed by atoms with Crippen molar-refractivity contribution in [2.45, 2.75) is 33.6 Å². The Bertz CT molecular complexity index is 745. The molecule has 1 aliphatic rings. The Labute approximate surface area is 135 Å². The van der Waals surface area contributed by atoms with E-state index < -0.39 is 0 Å². The molecule has 7 heteroatoms. The molecular weight excluding hydrogens is 292 g/mol. The van der Waals surface area contributed by atoms with Crippen molar-refractivity contribution < 1.29 is 4.79 Å². The second-order valence-corrected chi connectivity index (χ2v) is 6.01. The maximum Gasteiger partial charge on any atom is 0.274 e. The summed E-state index contributed by atoms with van der Waals surface area (Å²) < 4.78 is 1.76. The van der Waals surface area contributed by atoms with Crippen LogP contribution in [0.15, 0.2) is 6.07 Å². The zero-order valence-corrected chi connectivity index (χ0v) is 14.1. The molecule has 0 aromatic carbocycles. The van der Waals surface area contributed by atoms with E-state index in [-0.39, 0.29) is 5.91 Å². The van der Waals surface area contributed by atoms with E-state index >= 15 is 0 Å². The normalized spacial score (nSPS) is 14.3. The first-order chi connectivity index (χ1) is 11.0. The second-order valence-electron chi connectivity index (χ2n) is 6.01. The lowest BCUT2D eigenvalue weighted by molar-refractivity contribution is 0.102. The van der Waals surface area contributed by atoms with Gasteiger partial charge in [0.15, 0.2) is 0 Å². The standard InChI is InChI=1S/C16H22N6O/c1-10-9-13(18-16(17-10)22-7-5-6-8-22)15(23)19-14-11(2)20-21(4)12(14)3/h9H,5-8H2,1-4H3,(H,19,23). The van der Waals surface area contributed by atoms with Crippen LogP contribution in [0.25, 0.3) is 0 Å². The first kappa shape index (κ1) is 15.5. The fraction of sp³-hybridized carbons (Fsp3) is 0.500. The van der Waals surface area contributed by atoms with Gasteiger partial charge in [0.1, 0.15) is 5.69 Å². The first-order valence-electron chi connectivity index (χ1n) is 7.88. The highest BCUT2D eigenvalue weighted by Crippen LogP contribution is 2.20. The van der Waals surface area contributed by atoms with Crippen LogP contribution in [0.5, 0.6) is 0 Å². The second kappa shape index (κ2) is 5.98. The van der Waals surface area contributed by atoms with Gasteiger partial charge in [-0.05, 0) is 39.7 Å². The van der Waals surface area contributed by atoms with Gasteiger partial charge in [-0.1, -0.05) is 0 Å². The smallest absolute Gasteiger partial charge is 0.274 e. The van der Waals surface area contributed by atoms with Crippen molar-refractivity contribution in [1.82, 2.24) is 19.7 Å². The van der Waals surface area contributed by atoms with Gasteiger partial charge in [0.2, 0.25) is 5.95 Å². The summed E-state index contributed by atoms with van der Waals surface area (Å²) in [4.78, 5) is 23.6. The summed E-state index contributed by atoms with van der Waals surface area (Å²) in [7, 11) is 1.86. The van der Waals surface area contributed by atoms with Crippen LogP contribution in [0.1, 0.15) is 40.4 Å². The first-order valence-corrected chi connectivity index (χ1v) is 7.88. The molecule has 23 heavy (non-hydrogen) atoms. The topological polar surface area (TPSA) is 75.9 Å². The largest absolute Gasteiger partial charge is 0.341 e. The van der Waals surface area contributed by atoms with Gasteiger partial charge in [-0.2, -0.15) is 5.10 Å². The predicted molar refractivity (Wildman–Crippen MR) is 88.9 cm³/mol. The summed E-state index contributed by atoms with van der Waals surface area (Å²) in [5.74, 6) is 0.419. The van der Waals surface area contributed by atoms with Crippen molar-refractivity contribution in [1.29, 1.82) is 0 Å². The van der Waals surface area contributed by atoms with Crippen LogP contribution in [0.4, 0.5) is 11.6 Å². The van der Waals surface area contributed by atoms with Crippen molar-refractivity contribution >= 4 is 17.5 Å². The molecule has 2 aromatic heterocycles. The fourth-order valence-corrected chi connectivity index (χ4v) is 2.86. The predicted octanol–water partition coefficient (Wildman–Crippen LogP) is 1.99. The summed E-state index contributed by atoms with van der Waals surface area (Å²) in [6, 6.07) is 1.72. The molecule has 0 bridgehead atoms. The lowest BCUT2D eigenvalue weighted by Gasteiger charge is -2.16. The number of amides is 1. The van der Waals surface area contributed by atoms with Gasteiger partial charge in [-0.15, -0.1) is 0 Å². The lowest BCUT2D eigenvalue weighted by Crippen LogP contribution is -2.23. The quantitative estimate of drug-likeness (QED) is 0.937. The van der Waals surface area contributed by atoms with E-state index in [0.717, 1.165) is 48.7 Å². The van der Waals surface area contributed by atoms with E-state index in [1.165, 1.54) is 0 Å². The van der Waals surface area contributed by atoms with Gasteiger partial charge in [-0.3, -0.25) is 9.48 Å². The number of hydrogen-bond donors (Lipinski definition) is 1. The summed E-state index contributed by atoms with van der Waals surface area (Å²) in [5.41, 5.74) is 3.65. The number of hydrogen-bond acceptors (Lipinski definition) is 5. The van der Waals surface area contributed by atoms with E-state index in [9.17, 15) is 4.79 Å². The maximum atomic E-state index is 12.6. The number of carbonyl (C=O) groups is 1. The highest BCUT2D eigenvalue weighted by Gasteiger charge is 2.19. The van der Waals surface area contributed by atoms with Crippen molar-refractivity contribution in [3.05, 3.63) is 28.8 Å². The highest BCUT2D eigenvalue weighted by molar-refractivity contribution is 6.03. The molecule has 1 aliphatic heterocycles. The van der Waals surface area contributed by atoms with Crippen LogP contribution >= 0.6 is 0 Å². The summed E-state index contributed by atoms with van der Waals surface area (Å²) in [5, 5.41) is 7.25. The maximum absolute atomic E-state index is 12.6. The number of aryl methyl sites for hydroxylation is 3. The zero-order valence-electron chi connectivity index (χ0n) is 14.1. The average molecular weight is 314 g/mol. The number of nitrogens with one attached hydrogen (secondary N) is 1. The van der Waals surface area contributed by atoms with E-state index in [1.807, 2.05) is 27.8 Å². The van der Waals surface area contributed by atoms with Crippen LogP contribution in [-0.4, -0.2) is 38.7 Å². The SMILES string of the molecule is Cc1cc(C(=O)Nc2c(C)nn(C)c2C)nc(N2CCCC2)n1. The zero-order chi connectivity index (χ0) is 16.6. The van der Waals surface area contributed by atoms with Crippen LogP contribution in [0, 0.1) is 20.8 Å². The summed E-state index contributed by atoms with van der Waals surface area (Å²) in [6.07, 6.45) is 2.29. The Morgan fingerprint density at radius 2 is 1.87 bits per heavy atom. The van der Waals surface area contributed by atoms with E-state index in [4.69, 9.17) is 0 Å². The molecule has 1 saturated heterocycles. The molecule has 0 aliphatic carbocycles. The third-order valence-electron chi connectivity index (χ3n) is 4.21. The van der Waals surface area contributed by atoms with Gasteiger partial charge < -0.3 is 10.2 Å². The minimum absolute atomic E-state index is 0.227. The monoisotopic (exact) mass is 314 g/mol. The van der Waals surface area contributed by atoms with Crippen LogP contribution in [0.2, 0.25) is 0 Å². The number of anilines is 2. The van der Waals surface area contributed by atoms with Gasteiger partial charge in [0.05, 0.1) is 17.1 Å². The molecule has 1 fully saturated rings. The van der Waals surface area contributed by atoms with E-state index in [2.05, 4.69) is 25.3 Å². The highest BCUT2D eigenvalue weighted by atomic mass is 16.1. The Morgan fingerprint density at radius 1 is 1.17 bits per heavy atom. The van der Waals surface area contributed by atoms with E-state index in [0.29, 0.717) is 11.6 Å². The summed E-state index contributed by atoms with van der Waals surface area (Å²) in [6.45, 7) is 7.59. The number of rotatable bonds is 3.